The number of allylic oxidation sites excluding steroid dienone is 1. The van der Waals surface area contributed by atoms with Crippen LogP contribution in [0, 0.1) is 53.3 Å². The summed E-state index contributed by atoms with van der Waals surface area (Å²) >= 11 is 0. The minimum atomic E-state index is 0.456. The van der Waals surface area contributed by atoms with Crippen molar-refractivity contribution in [3.8, 4) is 0 Å². The van der Waals surface area contributed by atoms with Gasteiger partial charge >= 0.3 is 0 Å². The second-order valence-electron chi connectivity index (χ2n) is 17.5. The van der Waals surface area contributed by atoms with Crippen LogP contribution in [0.25, 0.3) is 0 Å². The van der Waals surface area contributed by atoms with E-state index in [1.807, 2.05) is 0 Å². The Hall–Kier alpha value is -0.300. The van der Waals surface area contributed by atoms with E-state index in [0.29, 0.717) is 16.9 Å². The van der Waals surface area contributed by atoms with Gasteiger partial charge in [0.2, 0.25) is 0 Å². The van der Waals surface area contributed by atoms with E-state index in [-0.39, 0.29) is 0 Å². The lowest BCUT2D eigenvalue weighted by Crippen LogP contribution is -2.51. The van der Waals surface area contributed by atoms with Gasteiger partial charge in [-0.15, -0.1) is 0 Å². The fraction of sp³-hybridized carbons (Fsp3) is 0.930. The van der Waals surface area contributed by atoms with Crippen molar-refractivity contribution in [2.24, 2.45) is 46.3 Å². The minimum Gasteiger partial charge on any atom is -0.378 e. The summed E-state index contributed by atoms with van der Waals surface area (Å²) in [5.41, 5.74) is 2.86. The third-order valence-electron chi connectivity index (χ3n) is 14.0. The molecule has 1 radical (unpaired) electrons. The molecule has 0 aliphatic heterocycles. The average Bonchev–Trinajstić information content (AvgIpc) is 3.36. The molecular formula is C43H77O. The van der Waals surface area contributed by atoms with E-state index in [2.05, 4.69) is 47.6 Å². The number of hydrogen-bond donors (Lipinski definition) is 0. The zero-order valence-corrected chi connectivity index (χ0v) is 30.6. The van der Waals surface area contributed by atoms with E-state index >= 15 is 0 Å². The molecule has 0 N–H and O–H groups in total. The maximum Gasteiger partial charge on any atom is 0.0612 e. The van der Waals surface area contributed by atoms with Crippen LogP contribution in [-0.4, -0.2) is 12.7 Å². The summed E-state index contributed by atoms with van der Waals surface area (Å²) in [4.78, 5) is 0. The van der Waals surface area contributed by atoms with Crippen LogP contribution in [0.4, 0.5) is 0 Å². The van der Waals surface area contributed by atoms with Crippen LogP contribution in [0.2, 0.25) is 0 Å². The van der Waals surface area contributed by atoms with Crippen LogP contribution >= 0.6 is 0 Å². The summed E-state index contributed by atoms with van der Waals surface area (Å²) in [6, 6.07) is 0. The first-order valence-electron chi connectivity index (χ1n) is 20.4. The summed E-state index contributed by atoms with van der Waals surface area (Å²) in [5, 5.41) is 0. The van der Waals surface area contributed by atoms with Gasteiger partial charge in [0.25, 0.3) is 0 Å². The van der Waals surface area contributed by atoms with Crippen molar-refractivity contribution in [2.45, 2.75) is 201 Å². The summed E-state index contributed by atoms with van der Waals surface area (Å²) < 4.78 is 6.55. The average molecular weight is 610 g/mol. The smallest absolute Gasteiger partial charge is 0.0612 e. The number of fused-ring (bicyclic) bond motifs is 5. The molecule has 4 rings (SSSR count). The number of unbranched alkanes of at least 4 members (excludes halogenated alkanes) is 13. The molecule has 0 aromatic heterocycles. The van der Waals surface area contributed by atoms with E-state index in [1.54, 1.807) is 5.57 Å². The summed E-state index contributed by atoms with van der Waals surface area (Å²) in [7, 11) is 0. The molecular weight excluding hydrogens is 532 g/mol. The molecule has 0 aromatic rings. The molecule has 4 aliphatic carbocycles. The Morgan fingerprint density at radius 3 is 2.00 bits per heavy atom. The molecule has 0 saturated heterocycles. The van der Waals surface area contributed by atoms with Crippen molar-refractivity contribution in [2.75, 3.05) is 6.61 Å². The fourth-order valence-corrected chi connectivity index (χ4v) is 11.3. The quantitative estimate of drug-likeness (QED) is 0.0929. The molecule has 1 nitrogen and oxygen atoms in total. The Kier molecular flexibility index (Phi) is 15.2. The maximum atomic E-state index is 6.55. The van der Waals surface area contributed by atoms with Gasteiger partial charge in [-0.1, -0.05) is 156 Å². The molecule has 4 unspecified atom stereocenters. The maximum absolute atomic E-state index is 6.55. The van der Waals surface area contributed by atoms with Crippen LogP contribution in [0.5, 0.6) is 0 Å². The largest absolute Gasteiger partial charge is 0.378 e. The van der Waals surface area contributed by atoms with Gasteiger partial charge < -0.3 is 4.74 Å². The third-order valence-corrected chi connectivity index (χ3v) is 14.0. The second kappa shape index (κ2) is 18.3. The monoisotopic (exact) mass is 610 g/mol. The number of hydrogen-bond acceptors (Lipinski definition) is 1. The van der Waals surface area contributed by atoms with Gasteiger partial charge in [0.1, 0.15) is 0 Å². The van der Waals surface area contributed by atoms with Crippen LogP contribution in [-0.2, 0) is 4.74 Å². The summed E-state index contributed by atoms with van der Waals surface area (Å²) in [6.07, 6.45) is 38.2. The lowest BCUT2D eigenvalue weighted by Gasteiger charge is -2.58. The van der Waals surface area contributed by atoms with Crippen molar-refractivity contribution in [1.29, 1.82) is 0 Å². The summed E-state index contributed by atoms with van der Waals surface area (Å²) in [6.45, 7) is 17.8. The van der Waals surface area contributed by atoms with Crippen LogP contribution in [0.15, 0.2) is 11.6 Å². The van der Waals surface area contributed by atoms with Crippen molar-refractivity contribution >= 4 is 0 Å². The number of ether oxygens (including phenoxy) is 1. The van der Waals surface area contributed by atoms with Crippen molar-refractivity contribution < 1.29 is 4.74 Å². The number of rotatable bonds is 21. The molecule has 0 amide bonds. The minimum absolute atomic E-state index is 0.456. The van der Waals surface area contributed by atoms with Gasteiger partial charge in [-0.25, -0.2) is 0 Å². The molecule has 3 saturated carbocycles. The highest BCUT2D eigenvalue weighted by Gasteiger charge is 2.59. The van der Waals surface area contributed by atoms with E-state index < -0.39 is 0 Å². The molecule has 0 aromatic carbocycles. The molecule has 8 atom stereocenters. The zero-order chi connectivity index (χ0) is 31.4. The first kappa shape index (κ1) is 36.5. The second-order valence-corrected chi connectivity index (χ2v) is 17.5. The Bertz CT molecular complexity index is 827. The fourth-order valence-electron chi connectivity index (χ4n) is 11.3. The van der Waals surface area contributed by atoms with E-state index in [0.717, 1.165) is 48.5 Å². The molecule has 0 spiro atoms. The Balaban J connectivity index is 1.11. The standard InChI is InChI=1S/C43H77O/c1-7-8-9-10-11-12-13-14-15-16-17-18-19-20-32-44-37-28-30-42(5)36(33-37)24-25-38-40-27-26-39(35(4)23-21-22-34(2)3)43(40,6)31-29-41(38)42/h24,34-35,37-41H,1,7-23,25-33H2,2-6H3/t35-,37?,38?,39-,40?,41?,42+,43-/m1/s1. The predicted molar refractivity (Wildman–Crippen MR) is 193 cm³/mol. The molecule has 3 fully saturated rings. The first-order chi connectivity index (χ1) is 21.3. The van der Waals surface area contributed by atoms with Crippen molar-refractivity contribution in [3.05, 3.63) is 18.6 Å². The normalized spacial score (nSPS) is 34.0. The van der Waals surface area contributed by atoms with Crippen LogP contribution in [0.3, 0.4) is 0 Å². The first-order valence-corrected chi connectivity index (χ1v) is 20.4. The van der Waals surface area contributed by atoms with E-state index in [4.69, 9.17) is 4.74 Å². The SMILES string of the molecule is [CH2]CCCCCCCCCCCCCCCOC1CC[C@@]2(C)C(=CCC3C2CC[C@@]2(C)C3CC[C@@H]2[C@H](C)CCCC(C)C)C1. The molecule has 255 valence electrons. The molecule has 1 heteroatoms. The summed E-state index contributed by atoms with van der Waals surface area (Å²) in [5.74, 6) is 5.59. The molecule has 4 aliphatic rings. The van der Waals surface area contributed by atoms with Gasteiger partial charge in [0.05, 0.1) is 6.10 Å². The van der Waals surface area contributed by atoms with Gasteiger partial charge in [-0.05, 0) is 104 Å². The predicted octanol–water partition coefficient (Wildman–Crippen LogP) is 13.7. The highest BCUT2D eigenvalue weighted by Crippen LogP contribution is 2.67. The van der Waals surface area contributed by atoms with Gasteiger partial charge in [-0.3, -0.25) is 0 Å². The van der Waals surface area contributed by atoms with Crippen molar-refractivity contribution in [1.82, 2.24) is 0 Å². The lowest BCUT2D eigenvalue weighted by molar-refractivity contribution is -0.0641. The molecule has 0 bridgehead atoms. The van der Waals surface area contributed by atoms with Crippen LogP contribution in [0.1, 0.15) is 195 Å². The third kappa shape index (κ3) is 9.63. The molecule has 44 heavy (non-hydrogen) atoms. The highest BCUT2D eigenvalue weighted by atomic mass is 16.5. The van der Waals surface area contributed by atoms with E-state index in [9.17, 15) is 0 Å². The van der Waals surface area contributed by atoms with Crippen LogP contribution < -0.4 is 0 Å². The molecule has 0 heterocycles. The Morgan fingerprint density at radius 2 is 1.36 bits per heavy atom. The topological polar surface area (TPSA) is 9.23 Å². The Labute approximate surface area is 276 Å². The Morgan fingerprint density at radius 1 is 0.727 bits per heavy atom. The van der Waals surface area contributed by atoms with Crippen molar-refractivity contribution in [3.63, 3.8) is 0 Å². The van der Waals surface area contributed by atoms with E-state index in [1.165, 1.54) is 154 Å². The van der Waals surface area contributed by atoms with Gasteiger partial charge in [0.15, 0.2) is 0 Å². The lowest BCUT2D eigenvalue weighted by atomic mass is 9.47. The zero-order valence-electron chi connectivity index (χ0n) is 30.6. The van der Waals surface area contributed by atoms with Gasteiger partial charge in [0, 0.05) is 6.61 Å². The van der Waals surface area contributed by atoms with Gasteiger partial charge in [-0.2, -0.15) is 0 Å². The highest BCUT2D eigenvalue weighted by molar-refractivity contribution is 5.25.